The highest BCUT2D eigenvalue weighted by Gasteiger charge is 2.31. The lowest BCUT2D eigenvalue weighted by Gasteiger charge is -2.36. The highest BCUT2D eigenvalue weighted by atomic mass is 32.2. The van der Waals surface area contributed by atoms with E-state index in [1.54, 1.807) is 6.92 Å². The molecule has 27 heavy (non-hydrogen) atoms. The zero-order valence-corrected chi connectivity index (χ0v) is 17.7. The number of hydrogen-bond donors (Lipinski definition) is 1. The molecule has 1 fully saturated rings. The van der Waals surface area contributed by atoms with Gasteiger partial charge in [0.25, 0.3) is 5.91 Å². The number of carbonyl (C=O) groups excluding carboxylic acids is 1. The number of nitrogens with zero attached hydrogens (tertiary/aromatic N) is 2. The third kappa shape index (κ3) is 3.74. The van der Waals surface area contributed by atoms with Gasteiger partial charge < -0.3 is 10.2 Å². The van der Waals surface area contributed by atoms with E-state index in [0.717, 1.165) is 0 Å². The van der Waals surface area contributed by atoms with Crippen molar-refractivity contribution in [3.63, 3.8) is 0 Å². The van der Waals surface area contributed by atoms with E-state index in [4.69, 9.17) is 0 Å². The molecule has 2 heterocycles. The minimum Gasteiger partial charge on any atom is -0.369 e. The quantitative estimate of drug-likeness (QED) is 0.846. The van der Waals surface area contributed by atoms with E-state index in [0.29, 0.717) is 35.9 Å². The van der Waals surface area contributed by atoms with Crippen LogP contribution < -0.4 is 10.2 Å². The Balaban J connectivity index is 1.78. The number of amides is 1. The molecule has 1 saturated heterocycles. The average molecular weight is 408 g/mol. The Morgan fingerprint density at radius 2 is 1.78 bits per heavy atom. The van der Waals surface area contributed by atoms with Crippen LogP contribution in [0, 0.1) is 20.8 Å². The lowest BCUT2D eigenvalue weighted by atomic mass is 10.1. The van der Waals surface area contributed by atoms with Gasteiger partial charge in [0.1, 0.15) is 0 Å². The third-order valence-corrected chi connectivity index (χ3v) is 8.30. The fourth-order valence-corrected chi connectivity index (χ4v) is 6.27. The van der Waals surface area contributed by atoms with E-state index in [1.165, 1.54) is 45.6 Å². The summed E-state index contributed by atoms with van der Waals surface area (Å²) < 4.78 is 27.7. The first-order chi connectivity index (χ1) is 12.8. The van der Waals surface area contributed by atoms with Crippen molar-refractivity contribution in [2.24, 2.45) is 0 Å². The van der Waals surface area contributed by atoms with Crippen LogP contribution in [0.1, 0.15) is 25.7 Å². The fourth-order valence-electron chi connectivity index (χ4n) is 3.34. The second-order valence-corrected chi connectivity index (χ2v) is 9.88. The van der Waals surface area contributed by atoms with Crippen LogP contribution in [0.15, 0.2) is 29.2 Å². The van der Waals surface area contributed by atoms with Gasteiger partial charge in [-0.15, -0.1) is 11.3 Å². The molecule has 1 aliphatic rings. The number of hydrogen-bond acceptors (Lipinski definition) is 5. The third-order valence-electron chi connectivity index (χ3n) is 5.10. The Morgan fingerprint density at radius 1 is 1.11 bits per heavy atom. The number of rotatable bonds is 4. The molecular weight excluding hydrogens is 382 g/mol. The highest BCUT2D eigenvalue weighted by molar-refractivity contribution is 7.89. The van der Waals surface area contributed by atoms with Gasteiger partial charge >= 0.3 is 0 Å². The molecule has 0 aliphatic carbocycles. The molecule has 8 heteroatoms. The van der Waals surface area contributed by atoms with Crippen LogP contribution >= 0.6 is 11.3 Å². The largest absolute Gasteiger partial charge is 0.369 e. The van der Waals surface area contributed by atoms with Gasteiger partial charge in [-0.05, 0) is 44.0 Å². The molecular formula is C19H25N3O3S2. The molecule has 0 unspecified atom stereocenters. The van der Waals surface area contributed by atoms with Crippen LogP contribution in [0.2, 0.25) is 0 Å². The molecule has 1 aromatic heterocycles. The van der Waals surface area contributed by atoms with Crippen molar-refractivity contribution in [2.75, 3.05) is 38.1 Å². The van der Waals surface area contributed by atoms with Crippen molar-refractivity contribution in [3.05, 3.63) is 45.1 Å². The summed E-state index contributed by atoms with van der Waals surface area (Å²) in [7, 11) is -2.06. The van der Waals surface area contributed by atoms with Gasteiger partial charge in [-0.2, -0.15) is 4.31 Å². The van der Waals surface area contributed by atoms with E-state index in [2.05, 4.69) is 36.2 Å². The van der Waals surface area contributed by atoms with E-state index in [9.17, 15) is 13.2 Å². The number of thiophene rings is 1. The topological polar surface area (TPSA) is 69.7 Å². The molecule has 3 rings (SSSR count). The zero-order chi connectivity index (χ0) is 19.8. The van der Waals surface area contributed by atoms with Crippen LogP contribution in [-0.2, 0) is 10.0 Å². The first-order valence-electron chi connectivity index (χ1n) is 8.89. The predicted octanol–water partition coefficient (Wildman–Crippen LogP) is 2.54. The maximum Gasteiger partial charge on any atom is 0.261 e. The van der Waals surface area contributed by atoms with Crippen molar-refractivity contribution in [3.8, 4) is 0 Å². The second kappa shape index (κ2) is 7.61. The van der Waals surface area contributed by atoms with Crippen LogP contribution in [0.4, 0.5) is 5.69 Å². The first kappa shape index (κ1) is 19.9. The van der Waals surface area contributed by atoms with E-state index < -0.39 is 10.0 Å². The lowest BCUT2D eigenvalue weighted by Crippen LogP contribution is -2.48. The average Bonchev–Trinajstić information content (AvgIpc) is 3.06. The number of aryl methyl sites for hydroxylation is 2. The summed E-state index contributed by atoms with van der Waals surface area (Å²) in [6.45, 7) is 8.09. The first-order valence-corrected chi connectivity index (χ1v) is 11.1. The minimum absolute atomic E-state index is 0.242. The summed E-state index contributed by atoms with van der Waals surface area (Å²) in [5, 5.41) is 2.54. The van der Waals surface area contributed by atoms with Gasteiger partial charge in [-0.25, -0.2) is 8.42 Å². The standard InChI is InChI=1S/C19H25N3O3S2/c1-13-6-5-7-16(14(13)2)21-8-10-22(11-9-21)27(24,25)18-12-17(19(23)20-4)26-15(18)3/h5-7,12H,8-11H2,1-4H3,(H,20,23). The molecule has 1 N–H and O–H groups in total. The summed E-state index contributed by atoms with van der Waals surface area (Å²) in [4.78, 5) is 15.4. The molecule has 1 amide bonds. The smallest absolute Gasteiger partial charge is 0.261 e. The van der Waals surface area contributed by atoms with E-state index in [-0.39, 0.29) is 10.8 Å². The minimum atomic E-state index is -3.60. The van der Waals surface area contributed by atoms with Crippen LogP contribution in [0.5, 0.6) is 0 Å². The van der Waals surface area contributed by atoms with Gasteiger partial charge in [-0.3, -0.25) is 4.79 Å². The zero-order valence-electron chi connectivity index (χ0n) is 16.1. The SMILES string of the molecule is CNC(=O)c1cc(S(=O)(=O)N2CCN(c3cccc(C)c3C)CC2)c(C)s1. The second-order valence-electron chi connectivity index (χ2n) is 6.72. The maximum atomic E-state index is 13.1. The molecule has 2 aromatic rings. The Kier molecular flexibility index (Phi) is 5.60. The van der Waals surface area contributed by atoms with Gasteiger partial charge in [-0.1, -0.05) is 12.1 Å². The maximum absolute atomic E-state index is 13.1. The molecule has 1 aromatic carbocycles. The Hall–Kier alpha value is -1.90. The number of sulfonamides is 1. The van der Waals surface area contributed by atoms with Crippen LogP contribution in [-0.4, -0.2) is 51.9 Å². The number of piperazine rings is 1. The highest BCUT2D eigenvalue weighted by Crippen LogP contribution is 2.30. The molecule has 1 aliphatic heterocycles. The Labute approximate surface area is 164 Å². The van der Waals surface area contributed by atoms with Gasteiger partial charge in [0.2, 0.25) is 10.0 Å². The molecule has 0 spiro atoms. The summed E-state index contributed by atoms with van der Waals surface area (Å²) in [6.07, 6.45) is 0. The van der Waals surface area contributed by atoms with Crippen molar-refractivity contribution in [1.29, 1.82) is 0 Å². The number of nitrogens with one attached hydrogen (secondary N) is 1. The normalized spacial score (nSPS) is 15.8. The van der Waals surface area contributed by atoms with Crippen molar-refractivity contribution >= 4 is 33.0 Å². The van der Waals surface area contributed by atoms with E-state index in [1.807, 2.05) is 6.07 Å². The Morgan fingerprint density at radius 3 is 2.41 bits per heavy atom. The lowest BCUT2D eigenvalue weighted by molar-refractivity contribution is 0.0967. The predicted molar refractivity (Wildman–Crippen MR) is 109 cm³/mol. The number of anilines is 1. The summed E-state index contributed by atoms with van der Waals surface area (Å²) in [5.41, 5.74) is 3.64. The molecule has 0 radical (unpaired) electrons. The van der Waals surface area contributed by atoms with Gasteiger partial charge in [0.05, 0.1) is 9.77 Å². The van der Waals surface area contributed by atoms with Crippen LogP contribution in [0.25, 0.3) is 0 Å². The summed E-state index contributed by atoms with van der Waals surface area (Å²) in [6, 6.07) is 7.70. The molecule has 0 bridgehead atoms. The number of carbonyl (C=O) groups is 1. The van der Waals surface area contributed by atoms with Gasteiger partial charge in [0.15, 0.2) is 0 Å². The van der Waals surface area contributed by atoms with Crippen LogP contribution in [0.3, 0.4) is 0 Å². The van der Waals surface area contributed by atoms with E-state index >= 15 is 0 Å². The van der Waals surface area contributed by atoms with Crippen molar-refractivity contribution in [2.45, 2.75) is 25.7 Å². The molecule has 0 saturated carbocycles. The van der Waals surface area contributed by atoms with Crippen molar-refractivity contribution in [1.82, 2.24) is 9.62 Å². The fraction of sp³-hybridized carbons (Fsp3) is 0.421. The molecule has 146 valence electrons. The Bertz CT molecular complexity index is 959. The van der Waals surface area contributed by atoms with Crippen molar-refractivity contribution < 1.29 is 13.2 Å². The molecule has 0 atom stereocenters. The number of benzene rings is 1. The monoisotopic (exact) mass is 407 g/mol. The van der Waals surface area contributed by atoms with Gasteiger partial charge in [0, 0.05) is 43.8 Å². The molecule has 6 nitrogen and oxygen atoms in total. The summed E-state index contributed by atoms with van der Waals surface area (Å²) >= 11 is 1.21. The summed E-state index contributed by atoms with van der Waals surface area (Å²) in [5.74, 6) is -0.260.